The lowest BCUT2D eigenvalue weighted by Crippen LogP contribution is -2.47. The van der Waals surface area contributed by atoms with Crippen LogP contribution in [0.15, 0.2) is 33.7 Å². The predicted molar refractivity (Wildman–Crippen MR) is 115 cm³/mol. The second kappa shape index (κ2) is 12.1. The summed E-state index contributed by atoms with van der Waals surface area (Å²) in [6.07, 6.45) is 4.78. The zero-order valence-corrected chi connectivity index (χ0v) is 18.5. The van der Waals surface area contributed by atoms with E-state index in [1.807, 2.05) is 7.05 Å². The van der Waals surface area contributed by atoms with E-state index in [-0.39, 0.29) is 24.0 Å². The van der Waals surface area contributed by atoms with Gasteiger partial charge in [-0.05, 0) is 50.3 Å². The Bertz CT molecular complexity index is 505. The van der Waals surface area contributed by atoms with Gasteiger partial charge in [0.15, 0.2) is 5.96 Å². The van der Waals surface area contributed by atoms with E-state index in [0.29, 0.717) is 6.10 Å². The van der Waals surface area contributed by atoms with E-state index in [1.165, 1.54) is 5.56 Å². The Morgan fingerprint density at radius 3 is 2.75 bits per heavy atom. The molecule has 24 heavy (non-hydrogen) atoms. The summed E-state index contributed by atoms with van der Waals surface area (Å²) in [4.78, 5) is 6.77. The van der Waals surface area contributed by atoms with E-state index in [0.717, 1.165) is 62.4 Å². The van der Waals surface area contributed by atoms with Gasteiger partial charge in [0.05, 0.1) is 6.10 Å². The fraction of sp³-hybridized carbons (Fsp3) is 0.611. The summed E-state index contributed by atoms with van der Waals surface area (Å²) in [7, 11) is 1.87. The van der Waals surface area contributed by atoms with Crippen molar-refractivity contribution in [2.75, 3.05) is 33.3 Å². The molecule has 6 heteroatoms. The van der Waals surface area contributed by atoms with Crippen molar-refractivity contribution < 1.29 is 4.74 Å². The zero-order chi connectivity index (χ0) is 16.5. The van der Waals surface area contributed by atoms with Crippen LogP contribution in [0.3, 0.4) is 0 Å². The first kappa shape index (κ1) is 21.7. The van der Waals surface area contributed by atoms with Crippen molar-refractivity contribution in [2.24, 2.45) is 4.99 Å². The molecule has 136 valence electrons. The van der Waals surface area contributed by atoms with Gasteiger partial charge in [-0.3, -0.25) is 4.99 Å². The van der Waals surface area contributed by atoms with Gasteiger partial charge in [0.25, 0.3) is 0 Å². The van der Waals surface area contributed by atoms with Crippen LogP contribution in [0, 0.1) is 0 Å². The standard InChI is InChI=1S/C18H28BrN3O.HI/c1-3-23-17-9-12-22(13-10-17)18(20-2)21-11-5-7-15-6-4-8-16(19)14-15;/h4,6,8,14,17H,3,5,7,9-13H2,1-2H3,(H,20,21);1H. The SMILES string of the molecule is CCOC1CCN(C(=NC)NCCCc2cccc(Br)c2)CC1.I. The summed E-state index contributed by atoms with van der Waals surface area (Å²) in [5, 5.41) is 3.49. The molecule has 1 aliphatic rings. The number of nitrogens with zero attached hydrogens (tertiary/aromatic N) is 2. The Balaban J connectivity index is 0.00000288. The Morgan fingerprint density at radius 2 is 2.12 bits per heavy atom. The van der Waals surface area contributed by atoms with Crippen LogP contribution in [0.5, 0.6) is 0 Å². The molecule has 1 heterocycles. The van der Waals surface area contributed by atoms with E-state index in [4.69, 9.17) is 4.74 Å². The van der Waals surface area contributed by atoms with Gasteiger partial charge in [0.2, 0.25) is 0 Å². The number of rotatable bonds is 6. The molecule has 0 radical (unpaired) electrons. The quantitative estimate of drug-likeness (QED) is 0.272. The molecule has 1 fully saturated rings. The van der Waals surface area contributed by atoms with Crippen molar-refractivity contribution in [3.05, 3.63) is 34.3 Å². The van der Waals surface area contributed by atoms with Crippen LogP contribution in [-0.2, 0) is 11.2 Å². The van der Waals surface area contributed by atoms with Crippen molar-refractivity contribution in [2.45, 2.75) is 38.7 Å². The van der Waals surface area contributed by atoms with Crippen LogP contribution in [0.1, 0.15) is 31.7 Å². The van der Waals surface area contributed by atoms with Gasteiger partial charge < -0.3 is 15.0 Å². The van der Waals surface area contributed by atoms with Gasteiger partial charge in [-0.25, -0.2) is 0 Å². The zero-order valence-electron chi connectivity index (χ0n) is 14.6. The van der Waals surface area contributed by atoms with Crippen LogP contribution in [0.25, 0.3) is 0 Å². The van der Waals surface area contributed by atoms with Crippen LogP contribution < -0.4 is 5.32 Å². The van der Waals surface area contributed by atoms with Crippen molar-refractivity contribution in [3.63, 3.8) is 0 Å². The van der Waals surface area contributed by atoms with Crippen molar-refractivity contribution >= 4 is 45.9 Å². The maximum absolute atomic E-state index is 5.71. The Hall–Kier alpha value is -0.340. The molecule has 1 saturated heterocycles. The maximum Gasteiger partial charge on any atom is 0.193 e. The number of hydrogen-bond donors (Lipinski definition) is 1. The average molecular weight is 510 g/mol. The highest BCUT2D eigenvalue weighted by atomic mass is 127. The largest absolute Gasteiger partial charge is 0.378 e. The first-order valence-electron chi connectivity index (χ1n) is 8.54. The van der Waals surface area contributed by atoms with E-state index in [9.17, 15) is 0 Å². The lowest BCUT2D eigenvalue weighted by atomic mass is 10.1. The summed E-state index contributed by atoms with van der Waals surface area (Å²) in [5.41, 5.74) is 1.37. The number of benzene rings is 1. The molecule has 0 saturated carbocycles. The number of halogens is 2. The molecule has 0 aromatic heterocycles. The monoisotopic (exact) mass is 509 g/mol. The predicted octanol–water partition coefficient (Wildman–Crippen LogP) is 4.08. The molecule has 1 aromatic carbocycles. The maximum atomic E-state index is 5.71. The van der Waals surface area contributed by atoms with Gasteiger partial charge in [0.1, 0.15) is 0 Å². The second-order valence-corrected chi connectivity index (χ2v) is 6.76. The summed E-state index contributed by atoms with van der Waals surface area (Å²) in [5.74, 6) is 1.02. The van der Waals surface area contributed by atoms with Crippen molar-refractivity contribution in [1.82, 2.24) is 10.2 Å². The smallest absolute Gasteiger partial charge is 0.193 e. The number of hydrogen-bond acceptors (Lipinski definition) is 2. The Morgan fingerprint density at radius 1 is 1.38 bits per heavy atom. The highest BCUT2D eigenvalue weighted by Crippen LogP contribution is 2.14. The summed E-state index contributed by atoms with van der Waals surface area (Å²) in [6.45, 7) is 5.88. The number of likely N-dealkylation sites (tertiary alicyclic amines) is 1. The van der Waals surface area contributed by atoms with E-state index >= 15 is 0 Å². The molecule has 2 rings (SSSR count). The van der Waals surface area contributed by atoms with Gasteiger partial charge in [0, 0.05) is 37.8 Å². The lowest BCUT2D eigenvalue weighted by molar-refractivity contribution is 0.0264. The van der Waals surface area contributed by atoms with Crippen LogP contribution in [0.2, 0.25) is 0 Å². The molecule has 0 spiro atoms. The first-order chi connectivity index (χ1) is 11.2. The number of aryl methyl sites for hydroxylation is 1. The third-order valence-corrected chi connectivity index (χ3v) is 4.66. The molecule has 4 nitrogen and oxygen atoms in total. The number of piperidine rings is 1. The number of guanidine groups is 1. The molecule has 0 unspecified atom stereocenters. The molecule has 1 aromatic rings. The molecule has 1 N–H and O–H groups in total. The van der Waals surface area contributed by atoms with Crippen LogP contribution in [-0.4, -0.2) is 50.3 Å². The van der Waals surface area contributed by atoms with Gasteiger partial charge in [-0.15, -0.1) is 24.0 Å². The van der Waals surface area contributed by atoms with E-state index < -0.39 is 0 Å². The Labute approximate surface area is 171 Å². The number of ether oxygens (including phenoxy) is 1. The van der Waals surface area contributed by atoms with E-state index in [1.54, 1.807) is 0 Å². The minimum absolute atomic E-state index is 0. The van der Waals surface area contributed by atoms with Crippen LogP contribution in [0.4, 0.5) is 0 Å². The minimum atomic E-state index is 0. The molecule has 0 amide bonds. The highest BCUT2D eigenvalue weighted by Gasteiger charge is 2.21. The van der Waals surface area contributed by atoms with Crippen molar-refractivity contribution in [3.8, 4) is 0 Å². The molecule has 0 aliphatic carbocycles. The number of aliphatic imine (C=N–C) groups is 1. The minimum Gasteiger partial charge on any atom is -0.378 e. The summed E-state index contributed by atoms with van der Waals surface area (Å²) < 4.78 is 6.86. The summed E-state index contributed by atoms with van der Waals surface area (Å²) >= 11 is 3.52. The highest BCUT2D eigenvalue weighted by molar-refractivity contribution is 14.0. The first-order valence-corrected chi connectivity index (χ1v) is 9.34. The molecule has 0 atom stereocenters. The molecule has 1 aliphatic heterocycles. The van der Waals surface area contributed by atoms with Gasteiger partial charge in [-0.2, -0.15) is 0 Å². The second-order valence-electron chi connectivity index (χ2n) is 5.85. The van der Waals surface area contributed by atoms with Gasteiger partial charge >= 0.3 is 0 Å². The normalized spacial score (nSPS) is 16.0. The molecule has 0 bridgehead atoms. The molecular weight excluding hydrogens is 481 g/mol. The number of nitrogens with one attached hydrogen (secondary N) is 1. The third kappa shape index (κ3) is 7.27. The third-order valence-electron chi connectivity index (χ3n) is 4.17. The summed E-state index contributed by atoms with van der Waals surface area (Å²) in [6, 6.07) is 8.52. The van der Waals surface area contributed by atoms with Crippen molar-refractivity contribution in [1.29, 1.82) is 0 Å². The van der Waals surface area contributed by atoms with E-state index in [2.05, 4.69) is 62.3 Å². The van der Waals surface area contributed by atoms with Crippen LogP contribution >= 0.6 is 39.9 Å². The fourth-order valence-corrected chi connectivity index (χ4v) is 3.43. The fourth-order valence-electron chi connectivity index (χ4n) is 2.99. The molecular formula is C18H29BrIN3O. The average Bonchev–Trinajstić information content (AvgIpc) is 2.56. The van der Waals surface area contributed by atoms with Gasteiger partial charge in [-0.1, -0.05) is 28.1 Å². The lowest BCUT2D eigenvalue weighted by Gasteiger charge is -2.34. The Kier molecular flexibility index (Phi) is 10.9. The topological polar surface area (TPSA) is 36.9 Å².